The minimum Gasteiger partial charge on any atom is -0.466 e. The summed E-state index contributed by atoms with van der Waals surface area (Å²) in [7, 11) is 0. The van der Waals surface area contributed by atoms with Crippen molar-refractivity contribution in [3.05, 3.63) is 23.2 Å². The minimum atomic E-state index is -1.10. The zero-order valence-electron chi connectivity index (χ0n) is 15.0. The van der Waals surface area contributed by atoms with Gasteiger partial charge in [-0.05, 0) is 83.1 Å². The van der Waals surface area contributed by atoms with E-state index in [0.717, 1.165) is 54.1 Å². The summed E-state index contributed by atoms with van der Waals surface area (Å²) < 4.78 is 5.54. The van der Waals surface area contributed by atoms with Crippen molar-refractivity contribution in [1.82, 2.24) is 5.32 Å². The van der Waals surface area contributed by atoms with Crippen molar-refractivity contribution in [2.24, 2.45) is 23.2 Å². The standard InChI is InChI=1S/C20H29NO3/c1-12-4-17(13(2)24-12)19(3,23)11-21-18(22)20-8-14-5-15(9-20)7-16(6-14)10-20/h4,14-16,23H,5-11H2,1-3H3,(H,21,22). The van der Waals surface area contributed by atoms with E-state index in [1.54, 1.807) is 6.92 Å². The highest BCUT2D eigenvalue weighted by atomic mass is 16.3. The van der Waals surface area contributed by atoms with Crippen molar-refractivity contribution in [2.45, 2.75) is 64.9 Å². The Morgan fingerprint density at radius 3 is 2.25 bits per heavy atom. The van der Waals surface area contributed by atoms with E-state index < -0.39 is 5.60 Å². The van der Waals surface area contributed by atoms with Gasteiger partial charge in [-0.1, -0.05) is 0 Å². The lowest BCUT2D eigenvalue weighted by molar-refractivity contribution is -0.147. The summed E-state index contributed by atoms with van der Waals surface area (Å²) in [6.07, 6.45) is 7.15. The van der Waals surface area contributed by atoms with Gasteiger partial charge < -0.3 is 14.8 Å². The van der Waals surface area contributed by atoms with Crippen molar-refractivity contribution in [3.8, 4) is 0 Å². The Bertz CT molecular complexity index is 623. The average Bonchev–Trinajstić information content (AvgIpc) is 2.83. The maximum atomic E-state index is 13.0. The van der Waals surface area contributed by atoms with E-state index >= 15 is 0 Å². The maximum Gasteiger partial charge on any atom is 0.226 e. The highest BCUT2D eigenvalue weighted by Crippen LogP contribution is 2.60. The molecule has 1 amide bonds. The van der Waals surface area contributed by atoms with Crippen molar-refractivity contribution >= 4 is 5.91 Å². The first-order valence-corrected chi connectivity index (χ1v) is 9.36. The monoisotopic (exact) mass is 331 g/mol. The Hall–Kier alpha value is -1.29. The summed E-state index contributed by atoms with van der Waals surface area (Å²) in [6.45, 7) is 5.73. The number of rotatable bonds is 4. The molecule has 1 heterocycles. The van der Waals surface area contributed by atoms with Crippen LogP contribution in [0.4, 0.5) is 0 Å². The fraction of sp³-hybridized carbons (Fsp3) is 0.750. The lowest BCUT2D eigenvalue weighted by Crippen LogP contribution is -2.55. The molecule has 0 radical (unpaired) electrons. The molecule has 24 heavy (non-hydrogen) atoms. The quantitative estimate of drug-likeness (QED) is 0.888. The summed E-state index contributed by atoms with van der Waals surface area (Å²) in [5.74, 6) is 3.93. The second kappa shape index (κ2) is 5.35. The first-order valence-electron chi connectivity index (χ1n) is 9.36. The summed E-state index contributed by atoms with van der Waals surface area (Å²) in [6, 6.07) is 1.87. The molecule has 0 saturated heterocycles. The van der Waals surface area contributed by atoms with Crippen molar-refractivity contribution in [1.29, 1.82) is 0 Å². The first-order chi connectivity index (χ1) is 11.3. The fourth-order valence-corrected chi connectivity index (χ4v) is 6.09. The van der Waals surface area contributed by atoms with Crippen molar-refractivity contribution in [2.75, 3.05) is 6.54 Å². The zero-order valence-corrected chi connectivity index (χ0v) is 15.0. The number of hydrogen-bond acceptors (Lipinski definition) is 3. The highest BCUT2D eigenvalue weighted by Gasteiger charge is 2.54. The van der Waals surface area contributed by atoms with Gasteiger partial charge >= 0.3 is 0 Å². The van der Waals surface area contributed by atoms with Crippen LogP contribution in [0.15, 0.2) is 10.5 Å². The van der Waals surface area contributed by atoms with E-state index in [1.807, 2.05) is 19.9 Å². The van der Waals surface area contributed by atoms with Gasteiger partial charge in [0.1, 0.15) is 17.1 Å². The van der Waals surface area contributed by atoms with Crippen LogP contribution >= 0.6 is 0 Å². The molecule has 4 bridgehead atoms. The molecule has 4 aliphatic carbocycles. The molecule has 4 nitrogen and oxygen atoms in total. The van der Waals surface area contributed by atoms with Crippen molar-refractivity contribution < 1.29 is 14.3 Å². The van der Waals surface area contributed by atoms with Gasteiger partial charge in [-0.15, -0.1) is 0 Å². The molecule has 4 aliphatic rings. The van der Waals surface area contributed by atoms with Gasteiger partial charge in [0, 0.05) is 11.0 Å². The van der Waals surface area contributed by atoms with Crippen molar-refractivity contribution in [3.63, 3.8) is 0 Å². The van der Waals surface area contributed by atoms with Crippen LogP contribution in [0.25, 0.3) is 0 Å². The maximum absolute atomic E-state index is 13.0. The average molecular weight is 331 g/mol. The van der Waals surface area contributed by atoms with Crippen LogP contribution < -0.4 is 5.32 Å². The Morgan fingerprint density at radius 2 is 1.79 bits per heavy atom. The summed E-state index contributed by atoms with van der Waals surface area (Å²) in [5.41, 5.74) is -0.489. The molecule has 4 saturated carbocycles. The number of aryl methyl sites for hydroxylation is 2. The smallest absolute Gasteiger partial charge is 0.226 e. The van der Waals surface area contributed by atoms with Crippen LogP contribution in [-0.4, -0.2) is 17.6 Å². The second-order valence-corrected chi connectivity index (χ2v) is 8.98. The number of carbonyl (C=O) groups is 1. The highest BCUT2D eigenvalue weighted by molar-refractivity contribution is 5.83. The van der Waals surface area contributed by atoms with Gasteiger partial charge in [-0.25, -0.2) is 0 Å². The number of carbonyl (C=O) groups excluding carboxylic acids is 1. The molecule has 1 unspecified atom stereocenters. The Morgan fingerprint density at radius 1 is 1.25 bits per heavy atom. The number of amides is 1. The predicted octanol–water partition coefficient (Wildman–Crippen LogP) is 3.44. The van der Waals surface area contributed by atoms with Crippen LogP contribution in [0.1, 0.15) is 62.5 Å². The van der Waals surface area contributed by atoms with Gasteiger partial charge in [-0.2, -0.15) is 0 Å². The SMILES string of the molecule is Cc1cc(C(C)(O)CNC(=O)C23CC4CC(CC(C4)C2)C3)c(C)o1. The second-order valence-electron chi connectivity index (χ2n) is 8.98. The van der Waals surface area contributed by atoms with E-state index in [9.17, 15) is 9.90 Å². The summed E-state index contributed by atoms with van der Waals surface area (Å²) >= 11 is 0. The Balaban J connectivity index is 1.46. The Labute approximate surface area is 144 Å². The van der Waals surface area contributed by atoms with Gasteiger partial charge in [0.25, 0.3) is 0 Å². The number of furan rings is 1. The van der Waals surface area contributed by atoms with Gasteiger partial charge in [0.2, 0.25) is 5.91 Å². The minimum absolute atomic E-state index is 0.161. The lowest BCUT2D eigenvalue weighted by atomic mass is 9.49. The van der Waals surface area contributed by atoms with Gasteiger partial charge in [0.15, 0.2) is 0 Å². The molecule has 1 aromatic heterocycles. The fourth-order valence-electron chi connectivity index (χ4n) is 6.09. The van der Waals surface area contributed by atoms with Gasteiger partial charge in [0.05, 0.1) is 6.54 Å². The molecular weight excluding hydrogens is 302 g/mol. The van der Waals surface area contributed by atoms with E-state index in [0.29, 0.717) is 0 Å². The topological polar surface area (TPSA) is 62.5 Å². The van der Waals surface area contributed by atoms with Crippen LogP contribution in [-0.2, 0) is 10.4 Å². The molecule has 1 atom stereocenters. The molecule has 132 valence electrons. The third-order valence-corrected chi connectivity index (χ3v) is 6.73. The van der Waals surface area contributed by atoms with Crippen LogP contribution in [0.3, 0.4) is 0 Å². The largest absolute Gasteiger partial charge is 0.466 e. The number of hydrogen-bond donors (Lipinski definition) is 2. The molecule has 4 fully saturated rings. The van der Waals surface area contributed by atoms with Crippen LogP contribution in [0.5, 0.6) is 0 Å². The van der Waals surface area contributed by atoms with E-state index in [1.165, 1.54) is 19.3 Å². The molecule has 0 spiro atoms. The summed E-state index contributed by atoms with van der Waals surface area (Å²) in [5, 5.41) is 13.9. The zero-order chi connectivity index (χ0) is 17.1. The third kappa shape index (κ3) is 2.59. The predicted molar refractivity (Wildman–Crippen MR) is 91.4 cm³/mol. The lowest BCUT2D eigenvalue weighted by Gasteiger charge is -2.55. The van der Waals surface area contributed by atoms with Crippen LogP contribution in [0.2, 0.25) is 0 Å². The molecule has 5 rings (SSSR count). The van der Waals surface area contributed by atoms with E-state index in [2.05, 4.69) is 5.32 Å². The number of aliphatic hydroxyl groups is 1. The van der Waals surface area contributed by atoms with Crippen LogP contribution in [0, 0.1) is 37.0 Å². The number of nitrogens with one attached hydrogen (secondary N) is 1. The summed E-state index contributed by atoms with van der Waals surface area (Å²) in [4.78, 5) is 13.0. The molecule has 4 heteroatoms. The molecule has 1 aromatic rings. The third-order valence-electron chi connectivity index (χ3n) is 6.73. The van der Waals surface area contributed by atoms with Gasteiger partial charge in [-0.3, -0.25) is 4.79 Å². The Kier molecular flexibility index (Phi) is 3.61. The molecule has 0 aliphatic heterocycles. The molecular formula is C20H29NO3. The van der Waals surface area contributed by atoms with E-state index in [4.69, 9.17) is 4.42 Å². The molecule has 0 aromatic carbocycles. The van der Waals surface area contributed by atoms with E-state index in [-0.39, 0.29) is 17.9 Å². The normalized spacial score (nSPS) is 36.6. The molecule has 2 N–H and O–H groups in total. The first kappa shape index (κ1) is 16.2.